The number of halogens is 3. The van der Waals surface area contributed by atoms with E-state index >= 15 is 0 Å². The lowest BCUT2D eigenvalue weighted by molar-refractivity contribution is -0.137. The first-order chi connectivity index (χ1) is 11.2. The molecule has 2 aromatic rings. The fourth-order valence-electron chi connectivity index (χ4n) is 2.09. The third kappa shape index (κ3) is 3.83. The Kier molecular flexibility index (Phi) is 4.77. The normalized spacial score (nSPS) is 11.0. The van der Waals surface area contributed by atoms with Crippen molar-refractivity contribution in [2.75, 3.05) is 12.4 Å². The minimum absolute atomic E-state index is 0.194. The number of carbonyl (C=O) groups excluding carboxylic acids is 1. The number of rotatable bonds is 4. The molecule has 0 saturated carbocycles. The maximum absolute atomic E-state index is 12.8. The molecule has 2 rings (SSSR count). The van der Waals surface area contributed by atoms with E-state index in [0.29, 0.717) is 5.69 Å². The van der Waals surface area contributed by atoms with Crippen molar-refractivity contribution >= 4 is 23.1 Å². The van der Waals surface area contributed by atoms with Gasteiger partial charge in [-0.3, -0.25) is 10.2 Å². The van der Waals surface area contributed by atoms with Crippen LogP contribution in [-0.4, -0.2) is 18.8 Å². The summed E-state index contributed by atoms with van der Waals surface area (Å²) >= 11 is 0. The predicted octanol–water partition coefficient (Wildman–Crippen LogP) is 3.09. The Bertz CT molecular complexity index is 787. The van der Waals surface area contributed by atoms with Gasteiger partial charge in [-0.15, -0.1) is 0 Å². The molecule has 0 aliphatic carbocycles. The first-order valence-electron chi connectivity index (χ1n) is 6.87. The smallest absolute Gasteiger partial charge is 0.384 e. The van der Waals surface area contributed by atoms with Gasteiger partial charge in [0, 0.05) is 29.5 Å². The maximum atomic E-state index is 12.8. The quantitative estimate of drug-likeness (QED) is 0.511. The number of hydrogen-bond acceptors (Lipinski definition) is 3. The van der Waals surface area contributed by atoms with E-state index in [1.807, 2.05) is 0 Å². The predicted molar refractivity (Wildman–Crippen MR) is 85.6 cm³/mol. The Labute approximate surface area is 136 Å². The van der Waals surface area contributed by atoms with Gasteiger partial charge in [0.15, 0.2) is 0 Å². The Morgan fingerprint density at radius 2 is 1.88 bits per heavy atom. The molecule has 126 valence electrons. The van der Waals surface area contributed by atoms with E-state index in [2.05, 4.69) is 10.6 Å². The van der Waals surface area contributed by atoms with Gasteiger partial charge in [0.05, 0.1) is 5.56 Å². The minimum Gasteiger partial charge on any atom is -0.384 e. The van der Waals surface area contributed by atoms with Crippen molar-refractivity contribution in [2.45, 2.75) is 6.18 Å². The van der Waals surface area contributed by atoms with Gasteiger partial charge in [0.1, 0.15) is 5.84 Å². The molecule has 8 heteroatoms. The molecule has 5 N–H and O–H groups in total. The third-order valence-electron chi connectivity index (χ3n) is 3.27. The molecule has 0 atom stereocenters. The summed E-state index contributed by atoms with van der Waals surface area (Å²) in [4.78, 5) is 11.6. The van der Waals surface area contributed by atoms with Crippen LogP contribution in [0.25, 0.3) is 0 Å². The largest absolute Gasteiger partial charge is 0.416 e. The number of amidine groups is 1. The molecule has 2 aromatic carbocycles. The second kappa shape index (κ2) is 6.61. The van der Waals surface area contributed by atoms with Gasteiger partial charge < -0.3 is 16.4 Å². The second-order valence-corrected chi connectivity index (χ2v) is 4.96. The lowest BCUT2D eigenvalue weighted by Gasteiger charge is -2.14. The topological polar surface area (TPSA) is 91.0 Å². The number of hydrogen-bond donors (Lipinski definition) is 4. The number of benzene rings is 2. The zero-order valence-electron chi connectivity index (χ0n) is 12.7. The number of nitrogens with one attached hydrogen (secondary N) is 3. The van der Waals surface area contributed by atoms with Crippen LogP contribution in [0.2, 0.25) is 0 Å². The van der Waals surface area contributed by atoms with Crippen LogP contribution < -0.4 is 16.4 Å². The van der Waals surface area contributed by atoms with E-state index in [9.17, 15) is 18.0 Å². The fraction of sp³-hybridized carbons (Fsp3) is 0.125. The summed E-state index contributed by atoms with van der Waals surface area (Å²) in [5.74, 6) is -0.668. The zero-order valence-corrected chi connectivity index (χ0v) is 12.7. The highest BCUT2D eigenvalue weighted by molar-refractivity contribution is 6.04. The summed E-state index contributed by atoms with van der Waals surface area (Å²) < 4.78 is 38.3. The number of amides is 1. The molecule has 0 fully saturated rings. The number of alkyl halides is 3. The van der Waals surface area contributed by atoms with Crippen LogP contribution >= 0.6 is 0 Å². The van der Waals surface area contributed by atoms with E-state index in [1.165, 1.54) is 37.4 Å². The van der Waals surface area contributed by atoms with Gasteiger partial charge in [0.25, 0.3) is 5.91 Å². The van der Waals surface area contributed by atoms with E-state index in [0.717, 1.165) is 12.1 Å². The van der Waals surface area contributed by atoms with Crippen molar-refractivity contribution in [3.05, 3.63) is 59.2 Å². The maximum Gasteiger partial charge on any atom is 0.416 e. The first-order valence-corrected chi connectivity index (χ1v) is 6.87. The molecule has 0 bridgehead atoms. The van der Waals surface area contributed by atoms with Crippen molar-refractivity contribution in [3.8, 4) is 0 Å². The Hall–Kier alpha value is -3.03. The Balaban J connectivity index is 2.39. The number of nitrogens with two attached hydrogens (primary N) is 1. The standard InChI is InChI=1S/C16H15F3N4O/c1-22-15(24)9-5-6-13(12(7-9)14(20)21)23-11-4-2-3-10(8-11)16(17,18)19/h2-8,23H,1H3,(H3,20,21)(H,22,24). The molecular formula is C16H15F3N4O. The first kappa shape index (κ1) is 17.3. The lowest BCUT2D eigenvalue weighted by atomic mass is 10.1. The van der Waals surface area contributed by atoms with Gasteiger partial charge >= 0.3 is 6.18 Å². The molecule has 0 spiro atoms. The highest BCUT2D eigenvalue weighted by Gasteiger charge is 2.30. The van der Waals surface area contributed by atoms with Crippen LogP contribution in [0, 0.1) is 5.41 Å². The summed E-state index contributed by atoms with van der Waals surface area (Å²) in [6.07, 6.45) is -4.45. The van der Waals surface area contributed by atoms with Crippen molar-refractivity contribution in [2.24, 2.45) is 5.73 Å². The average molecular weight is 336 g/mol. The monoisotopic (exact) mass is 336 g/mol. The summed E-state index contributed by atoms with van der Waals surface area (Å²) in [5, 5.41) is 12.8. The van der Waals surface area contributed by atoms with Gasteiger partial charge in [-0.25, -0.2) is 0 Å². The van der Waals surface area contributed by atoms with Crippen LogP contribution in [-0.2, 0) is 6.18 Å². The molecule has 0 saturated heterocycles. The molecule has 0 radical (unpaired) electrons. The molecule has 5 nitrogen and oxygen atoms in total. The zero-order chi connectivity index (χ0) is 17.9. The summed E-state index contributed by atoms with van der Waals surface area (Å²) in [5.41, 5.74) is 5.74. The van der Waals surface area contributed by atoms with Crippen LogP contribution in [0.1, 0.15) is 21.5 Å². The van der Waals surface area contributed by atoms with Gasteiger partial charge in [0.2, 0.25) is 0 Å². The highest BCUT2D eigenvalue weighted by atomic mass is 19.4. The molecule has 0 heterocycles. The fourth-order valence-corrected chi connectivity index (χ4v) is 2.09. The van der Waals surface area contributed by atoms with Crippen LogP contribution in [0.5, 0.6) is 0 Å². The summed E-state index contributed by atoms with van der Waals surface area (Å²) in [7, 11) is 1.46. The number of nitrogen functional groups attached to an aromatic ring is 1. The minimum atomic E-state index is -4.45. The van der Waals surface area contributed by atoms with Gasteiger partial charge in [-0.1, -0.05) is 6.07 Å². The van der Waals surface area contributed by atoms with E-state index in [4.69, 9.17) is 11.1 Å². The van der Waals surface area contributed by atoms with Crippen molar-refractivity contribution in [1.82, 2.24) is 5.32 Å². The van der Waals surface area contributed by atoms with Gasteiger partial charge in [-0.2, -0.15) is 13.2 Å². The molecule has 0 aliphatic heterocycles. The molecular weight excluding hydrogens is 321 g/mol. The van der Waals surface area contributed by atoms with Gasteiger partial charge in [-0.05, 0) is 36.4 Å². The van der Waals surface area contributed by atoms with E-state index < -0.39 is 11.7 Å². The third-order valence-corrected chi connectivity index (χ3v) is 3.27. The highest BCUT2D eigenvalue weighted by Crippen LogP contribution is 2.32. The summed E-state index contributed by atoms with van der Waals surface area (Å²) in [6, 6.07) is 9.03. The van der Waals surface area contributed by atoms with E-state index in [1.54, 1.807) is 0 Å². The average Bonchev–Trinajstić information content (AvgIpc) is 2.53. The number of anilines is 2. The molecule has 1 amide bonds. The molecule has 24 heavy (non-hydrogen) atoms. The molecule has 0 aliphatic rings. The van der Waals surface area contributed by atoms with Crippen molar-refractivity contribution in [1.29, 1.82) is 5.41 Å². The molecule has 0 unspecified atom stereocenters. The van der Waals surface area contributed by atoms with Crippen LogP contribution in [0.4, 0.5) is 24.5 Å². The van der Waals surface area contributed by atoms with E-state index in [-0.39, 0.29) is 28.6 Å². The number of carbonyl (C=O) groups is 1. The lowest BCUT2D eigenvalue weighted by Crippen LogP contribution is -2.20. The SMILES string of the molecule is CNC(=O)c1ccc(Nc2cccc(C(F)(F)F)c2)c(C(=N)N)c1. The Morgan fingerprint density at radius 1 is 1.17 bits per heavy atom. The second-order valence-electron chi connectivity index (χ2n) is 4.96. The van der Waals surface area contributed by atoms with Crippen molar-refractivity contribution in [3.63, 3.8) is 0 Å². The summed E-state index contributed by atoms with van der Waals surface area (Å²) in [6.45, 7) is 0. The van der Waals surface area contributed by atoms with Crippen LogP contribution in [0.3, 0.4) is 0 Å². The van der Waals surface area contributed by atoms with Crippen molar-refractivity contribution < 1.29 is 18.0 Å². The Morgan fingerprint density at radius 3 is 2.46 bits per heavy atom. The molecule has 0 aromatic heterocycles. The van der Waals surface area contributed by atoms with Crippen LogP contribution in [0.15, 0.2) is 42.5 Å².